The Balaban J connectivity index is 2.16. The van der Waals surface area contributed by atoms with Gasteiger partial charge < -0.3 is 20.6 Å². The predicted molar refractivity (Wildman–Crippen MR) is 72.8 cm³/mol. The normalized spacial score (nSPS) is 11.4. The Labute approximate surface area is 120 Å². The zero-order valence-corrected chi connectivity index (χ0v) is 11.2. The molecule has 1 aromatic heterocycles. The standard InChI is InChI=1S/C13H16N4O4/c18-7-13(8-19,9-20)14-12(21)11-6-17(16-15-11)10-4-2-1-3-5-10/h1-6,18-20H,7-9H2,(H,14,21). The minimum atomic E-state index is -1.49. The van der Waals surface area contributed by atoms with E-state index < -0.39 is 31.3 Å². The number of carbonyl (C=O) groups excluding carboxylic acids is 1. The van der Waals surface area contributed by atoms with Crippen LogP contribution < -0.4 is 5.32 Å². The number of carbonyl (C=O) groups is 1. The van der Waals surface area contributed by atoms with Crippen LogP contribution in [0.5, 0.6) is 0 Å². The third kappa shape index (κ3) is 3.24. The molecule has 21 heavy (non-hydrogen) atoms. The molecule has 0 bridgehead atoms. The maximum atomic E-state index is 12.0. The smallest absolute Gasteiger partial charge is 0.274 e. The SMILES string of the molecule is O=C(NC(CO)(CO)CO)c1cn(-c2ccccc2)nn1. The minimum absolute atomic E-state index is 0.0126. The van der Waals surface area contributed by atoms with Crippen LogP contribution in [0.1, 0.15) is 10.5 Å². The molecule has 0 aliphatic rings. The number of aliphatic hydroxyl groups excluding tert-OH is 3. The number of aliphatic hydroxyl groups is 3. The van der Waals surface area contributed by atoms with Crippen LogP contribution in [0, 0.1) is 0 Å². The van der Waals surface area contributed by atoms with E-state index in [1.54, 1.807) is 12.1 Å². The Hall–Kier alpha value is -2.29. The molecule has 0 spiro atoms. The van der Waals surface area contributed by atoms with Gasteiger partial charge in [0, 0.05) is 0 Å². The molecule has 4 N–H and O–H groups in total. The lowest BCUT2D eigenvalue weighted by atomic mass is 10.0. The highest BCUT2D eigenvalue weighted by molar-refractivity contribution is 5.92. The van der Waals surface area contributed by atoms with Crippen molar-refractivity contribution in [2.24, 2.45) is 0 Å². The molecule has 0 fully saturated rings. The van der Waals surface area contributed by atoms with Gasteiger partial charge in [0.05, 0.1) is 31.7 Å². The van der Waals surface area contributed by atoms with E-state index in [0.717, 1.165) is 5.69 Å². The molecule has 8 nitrogen and oxygen atoms in total. The van der Waals surface area contributed by atoms with E-state index in [1.807, 2.05) is 18.2 Å². The number of hydrogen-bond donors (Lipinski definition) is 4. The van der Waals surface area contributed by atoms with Crippen LogP contribution >= 0.6 is 0 Å². The molecule has 8 heteroatoms. The van der Waals surface area contributed by atoms with Crippen molar-refractivity contribution in [2.45, 2.75) is 5.54 Å². The average molecular weight is 292 g/mol. The molecular formula is C13H16N4O4. The van der Waals surface area contributed by atoms with Crippen LogP contribution in [-0.2, 0) is 0 Å². The lowest BCUT2D eigenvalue weighted by molar-refractivity contribution is 0.0373. The summed E-state index contributed by atoms with van der Waals surface area (Å²) in [4.78, 5) is 12.0. The van der Waals surface area contributed by atoms with E-state index in [0.29, 0.717) is 0 Å². The summed E-state index contributed by atoms with van der Waals surface area (Å²) in [5.74, 6) is -0.644. The molecule has 0 saturated carbocycles. The summed E-state index contributed by atoms with van der Waals surface area (Å²) in [6, 6.07) is 9.11. The summed E-state index contributed by atoms with van der Waals surface area (Å²) in [6.07, 6.45) is 1.42. The Morgan fingerprint density at radius 1 is 1.14 bits per heavy atom. The highest BCUT2D eigenvalue weighted by atomic mass is 16.3. The second kappa shape index (κ2) is 6.44. The Morgan fingerprint density at radius 3 is 2.33 bits per heavy atom. The molecule has 1 aromatic carbocycles. The van der Waals surface area contributed by atoms with Gasteiger partial charge in [-0.05, 0) is 12.1 Å². The molecule has 0 saturated heterocycles. The number of hydrogen-bond acceptors (Lipinski definition) is 6. The van der Waals surface area contributed by atoms with E-state index in [4.69, 9.17) is 0 Å². The monoisotopic (exact) mass is 292 g/mol. The van der Waals surface area contributed by atoms with E-state index in [9.17, 15) is 20.1 Å². The molecule has 0 unspecified atom stereocenters. The van der Waals surface area contributed by atoms with Crippen molar-refractivity contribution in [2.75, 3.05) is 19.8 Å². The fourth-order valence-electron chi connectivity index (χ4n) is 1.65. The maximum absolute atomic E-state index is 12.0. The summed E-state index contributed by atoms with van der Waals surface area (Å²) in [5, 5.41) is 37.5. The zero-order chi connectivity index (χ0) is 15.3. The number of aromatic nitrogens is 3. The second-order valence-electron chi connectivity index (χ2n) is 4.59. The Bertz CT molecular complexity index is 587. The molecule has 0 atom stereocenters. The van der Waals surface area contributed by atoms with Crippen LogP contribution in [0.3, 0.4) is 0 Å². The van der Waals surface area contributed by atoms with E-state index in [1.165, 1.54) is 10.9 Å². The first-order valence-electron chi connectivity index (χ1n) is 6.27. The molecule has 2 rings (SSSR count). The highest BCUT2D eigenvalue weighted by Crippen LogP contribution is 2.07. The van der Waals surface area contributed by atoms with Gasteiger partial charge in [0.25, 0.3) is 5.91 Å². The van der Waals surface area contributed by atoms with Gasteiger partial charge in [0.2, 0.25) is 0 Å². The highest BCUT2D eigenvalue weighted by Gasteiger charge is 2.31. The van der Waals surface area contributed by atoms with Gasteiger partial charge in [0.1, 0.15) is 5.54 Å². The fourth-order valence-corrected chi connectivity index (χ4v) is 1.65. The predicted octanol–water partition coefficient (Wildman–Crippen LogP) is -1.29. The molecule has 112 valence electrons. The molecule has 0 aliphatic carbocycles. The van der Waals surface area contributed by atoms with Crippen molar-refractivity contribution in [1.29, 1.82) is 0 Å². The van der Waals surface area contributed by atoms with Crippen molar-refractivity contribution < 1.29 is 20.1 Å². The first-order chi connectivity index (χ1) is 10.1. The van der Waals surface area contributed by atoms with Crippen molar-refractivity contribution in [3.05, 3.63) is 42.2 Å². The topological polar surface area (TPSA) is 120 Å². The Kier molecular flexibility index (Phi) is 4.63. The van der Waals surface area contributed by atoms with Crippen LogP contribution in [0.15, 0.2) is 36.5 Å². The summed E-state index contributed by atoms with van der Waals surface area (Å²) >= 11 is 0. The molecule has 0 radical (unpaired) electrons. The van der Waals surface area contributed by atoms with Crippen molar-refractivity contribution in [3.63, 3.8) is 0 Å². The average Bonchev–Trinajstić information content (AvgIpc) is 3.04. The van der Waals surface area contributed by atoms with Gasteiger partial charge in [-0.15, -0.1) is 5.10 Å². The number of para-hydroxylation sites is 1. The van der Waals surface area contributed by atoms with Crippen LogP contribution in [0.4, 0.5) is 0 Å². The molecule has 2 aromatic rings. The molecule has 0 aliphatic heterocycles. The van der Waals surface area contributed by atoms with Gasteiger partial charge in [0.15, 0.2) is 5.69 Å². The molecule has 1 amide bonds. The second-order valence-corrected chi connectivity index (χ2v) is 4.59. The van der Waals surface area contributed by atoms with Crippen molar-refractivity contribution >= 4 is 5.91 Å². The number of benzene rings is 1. The lowest BCUT2D eigenvalue weighted by Crippen LogP contribution is -2.57. The van der Waals surface area contributed by atoms with E-state index >= 15 is 0 Å². The number of rotatable bonds is 6. The number of nitrogens with zero attached hydrogens (tertiary/aromatic N) is 3. The molecule has 1 heterocycles. The maximum Gasteiger partial charge on any atom is 0.274 e. The first kappa shape index (κ1) is 15.1. The van der Waals surface area contributed by atoms with Gasteiger partial charge >= 0.3 is 0 Å². The number of amides is 1. The third-order valence-electron chi connectivity index (χ3n) is 3.03. The van der Waals surface area contributed by atoms with E-state index in [2.05, 4.69) is 15.6 Å². The minimum Gasteiger partial charge on any atom is -0.394 e. The molecular weight excluding hydrogens is 276 g/mol. The van der Waals surface area contributed by atoms with E-state index in [-0.39, 0.29) is 5.69 Å². The van der Waals surface area contributed by atoms with Gasteiger partial charge in [-0.3, -0.25) is 4.79 Å². The fraction of sp³-hybridized carbons (Fsp3) is 0.308. The van der Waals surface area contributed by atoms with Crippen molar-refractivity contribution in [1.82, 2.24) is 20.3 Å². The summed E-state index contributed by atoms with van der Waals surface area (Å²) in [6.45, 7) is -1.80. The van der Waals surface area contributed by atoms with Crippen LogP contribution in [0.2, 0.25) is 0 Å². The quantitative estimate of drug-likeness (QED) is 0.526. The van der Waals surface area contributed by atoms with Gasteiger partial charge in [-0.2, -0.15) is 0 Å². The largest absolute Gasteiger partial charge is 0.394 e. The van der Waals surface area contributed by atoms with Crippen molar-refractivity contribution in [3.8, 4) is 5.69 Å². The first-order valence-corrected chi connectivity index (χ1v) is 6.27. The van der Waals surface area contributed by atoms with Crippen LogP contribution in [0.25, 0.3) is 5.69 Å². The van der Waals surface area contributed by atoms with Crippen LogP contribution in [-0.4, -0.2) is 61.6 Å². The lowest BCUT2D eigenvalue weighted by Gasteiger charge is -2.28. The summed E-state index contributed by atoms with van der Waals surface area (Å²) < 4.78 is 1.42. The van der Waals surface area contributed by atoms with Gasteiger partial charge in [-0.25, -0.2) is 4.68 Å². The summed E-state index contributed by atoms with van der Waals surface area (Å²) in [5.41, 5.74) is -0.742. The number of nitrogens with one attached hydrogen (secondary N) is 1. The summed E-state index contributed by atoms with van der Waals surface area (Å²) in [7, 11) is 0. The zero-order valence-electron chi connectivity index (χ0n) is 11.2. The third-order valence-corrected chi connectivity index (χ3v) is 3.03. The van der Waals surface area contributed by atoms with Gasteiger partial charge in [-0.1, -0.05) is 23.4 Å². The Morgan fingerprint density at radius 2 is 1.76 bits per heavy atom.